The fourth-order valence-corrected chi connectivity index (χ4v) is 1.41. The Morgan fingerprint density at radius 3 is 1.86 bits per heavy atom. The quantitative estimate of drug-likeness (QED) is 0.383. The number of carbonyl (C=O) groups is 2. The molecule has 6 heteroatoms. The van der Waals surface area contributed by atoms with Crippen molar-refractivity contribution in [2.24, 2.45) is 0 Å². The van der Waals surface area contributed by atoms with Crippen LogP contribution in [0.1, 0.15) is 46.5 Å². The van der Waals surface area contributed by atoms with Crippen LogP contribution in [0.4, 0.5) is 0 Å². The van der Waals surface area contributed by atoms with E-state index in [0.29, 0.717) is 6.42 Å². The lowest BCUT2D eigenvalue weighted by Crippen LogP contribution is -2.41. The number of esters is 2. The Hall–Kier alpha value is -1.66. The zero-order chi connectivity index (χ0) is 16.6. The first-order valence-corrected chi connectivity index (χ1v) is 6.79. The van der Waals surface area contributed by atoms with Gasteiger partial charge in [0.2, 0.25) is 0 Å². The molecule has 0 rings (SSSR count). The lowest BCUT2D eigenvalue weighted by atomic mass is 10.1. The maximum absolute atomic E-state index is 11.5. The van der Waals surface area contributed by atoms with E-state index in [2.05, 4.69) is 13.2 Å². The molecule has 0 aromatic carbocycles. The van der Waals surface area contributed by atoms with Crippen molar-refractivity contribution in [2.75, 3.05) is 0 Å². The van der Waals surface area contributed by atoms with Crippen molar-refractivity contribution in [3.8, 4) is 0 Å². The first kappa shape index (κ1) is 19.3. The van der Waals surface area contributed by atoms with Crippen LogP contribution >= 0.6 is 0 Å². The molecule has 0 aliphatic carbocycles. The van der Waals surface area contributed by atoms with E-state index in [-0.39, 0.29) is 24.0 Å². The number of aliphatic hydroxyl groups excluding tert-OH is 1. The summed E-state index contributed by atoms with van der Waals surface area (Å²) in [6.45, 7) is 11.5. The number of rotatable bonds is 9. The molecule has 0 saturated heterocycles. The van der Waals surface area contributed by atoms with Crippen LogP contribution in [0, 0.1) is 0 Å². The number of hydrogen-bond donors (Lipinski definition) is 2. The van der Waals surface area contributed by atoms with Crippen LogP contribution < -0.4 is 0 Å². The molecule has 0 spiro atoms. The topological polar surface area (TPSA) is 93.1 Å². The Labute approximate surface area is 125 Å². The maximum atomic E-state index is 11.5. The van der Waals surface area contributed by atoms with Crippen molar-refractivity contribution in [1.29, 1.82) is 0 Å². The summed E-state index contributed by atoms with van der Waals surface area (Å²) in [6, 6.07) is 0. The van der Waals surface area contributed by atoms with Gasteiger partial charge in [0.05, 0.1) is 12.5 Å². The molecular weight excluding hydrogens is 276 g/mol. The highest BCUT2D eigenvalue weighted by Gasteiger charge is 2.37. The largest absolute Gasteiger partial charge is 0.395 e. The van der Waals surface area contributed by atoms with Gasteiger partial charge in [0.25, 0.3) is 0 Å². The van der Waals surface area contributed by atoms with Gasteiger partial charge in [-0.15, -0.1) is 0 Å². The lowest BCUT2D eigenvalue weighted by molar-refractivity contribution is -0.326. The van der Waals surface area contributed by atoms with Crippen LogP contribution in [0.15, 0.2) is 24.3 Å². The highest BCUT2D eigenvalue weighted by molar-refractivity contribution is 5.88. The molecule has 21 heavy (non-hydrogen) atoms. The summed E-state index contributed by atoms with van der Waals surface area (Å²) in [5, 5.41) is 19.9. The minimum atomic E-state index is -2.44. The second kappa shape index (κ2) is 8.59. The highest BCUT2D eigenvalue weighted by Crippen LogP contribution is 2.22. The molecule has 0 aromatic rings. The molecule has 0 aliphatic heterocycles. The van der Waals surface area contributed by atoms with Crippen LogP contribution in [0.5, 0.6) is 0 Å². The molecule has 0 heterocycles. The van der Waals surface area contributed by atoms with Crippen molar-refractivity contribution < 1.29 is 29.3 Å². The Bertz CT molecular complexity index is 384. The molecule has 1 unspecified atom stereocenters. The van der Waals surface area contributed by atoms with E-state index in [4.69, 9.17) is 9.47 Å². The van der Waals surface area contributed by atoms with Gasteiger partial charge in [-0.3, -0.25) is 0 Å². The standard InChI is InChI=1S/C15H24O6/c1-6-7-12(16)8-9-15(19,20-13(17)10(2)3)21-14(18)11(4)5/h12,16,19H,2,4,6-9H2,1,3,5H3. The summed E-state index contributed by atoms with van der Waals surface area (Å²) >= 11 is 0. The van der Waals surface area contributed by atoms with Gasteiger partial charge in [0, 0.05) is 11.1 Å². The number of hydrogen-bond acceptors (Lipinski definition) is 6. The minimum Gasteiger partial charge on any atom is -0.395 e. The molecule has 0 fully saturated rings. The second-order valence-corrected chi connectivity index (χ2v) is 5.03. The SMILES string of the molecule is C=C(C)C(=O)OC(O)(CCC(O)CCC)OC(=O)C(=C)C. The third-order valence-corrected chi connectivity index (χ3v) is 2.62. The smallest absolute Gasteiger partial charge is 0.373 e. The van der Waals surface area contributed by atoms with Gasteiger partial charge in [-0.2, -0.15) is 0 Å². The van der Waals surface area contributed by atoms with Gasteiger partial charge in [-0.1, -0.05) is 26.5 Å². The Morgan fingerprint density at radius 1 is 1.10 bits per heavy atom. The third kappa shape index (κ3) is 7.63. The monoisotopic (exact) mass is 300 g/mol. The van der Waals surface area contributed by atoms with Gasteiger partial charge in [-0.05, 0) is 26.7 Å². The summed E-state index contributed by atoms with van der Waals surface area (Å²) in [4.78, 5) is 23.0. The molecular formula is C15H24O6. The summed E-state index contributed by atoms with van der Waals surface area (Å²) in [6.07, 6.45) is 0.465. The number of aliphatic hydroxyl groups is 2. The molecule has 0 aromatic heterocycles. The molecule has 0 aliphatic rings. The summed E-state index contributed by atoms with van der Waals surface area (Å²) in [5.74, 6) is -4.23. The summed E-state index contributed by atoms with van der Waals surface area (Å²) < 4.78 is 9.54. The molecule has 6 nitrogen and oxygen atoms in total. The van der Waals surface area contributed by atoms with Crippen LogP contribution in [0.25, 0.3) is 0 Å². The average molecular weight is 300 g/mol. The molecule has 120 valence electrons. The highest BCUT2D eigenvalue weighted by atomic mass is 16.8. The first-order valence-electron chi connectivity index (χ1n) is 6.79. The van der Waals surface area contributed by atoms with Crippen molar-refractivity contribution >= 4 is 11.9 Å². The van der Waals surface area contributed by atoms with Gasteiger partial charge < -0.3 is 19.7 Å². The van der Waals surface area contributed by atoms with Crippen molar-refractivity contribution in [3.05, 3.63) is 24.3 Å². The fraction of sp³-hybridized carbons (Fsp3) is 0.600. The molecule has 1 atom stereocenters. The second-order valence-electron chi connectivity index (χ2n) is 5.03. The predicted octanol–water partition coefficient (Wildman–Crippen LogP) is 1.81. The van der Waals surface area contributed by atoms with Crippen molar-refractivity contribution in [3.63, 3.8) is 0 Å². The summed E-state index contributed by atoms with van der Waals surface area (Å²) in [7, 11) is 0. The van der Waals surface area contributed by atoms with E-state index < -0.39 is 24.0 Å². The van der Waals surface area contributed by atoms with Crippen LogP contribution in [0.3, 0.4) is 0 Å². The first-order chi connectivity index (χ1) is 9.61. The number of ether oxygens (including phenoxy) is 2. The van der Waals surface area contributed by atoms with Gasteiger partial charge in [0.15, 0.2) is 0 Å². The predicted molar refractivity (Wildman–Crippen MR) is 76.9 cm³/mol. The maximum Gasteiger partial charge on any atom is 0.373 e. The van der Waals surface area contributed by atoms with Crippen molar-refractivity contribution in [2.45, 2.75) is 58.5 Å². The van der Waals surface area contributed by atoms with Gasteiger partial charge in [0.1, 0.15) is 0 Å². The molecule has 0 bridgehead atoms. The lowest BCUT2D eigenvalue weighted by Gasteiger charge is -2.27. The van der Waals surface area contributed by atoms with E-state index >= 15 is 0 Å². The van der Waals surface area contributed by atoms with E-state index in [0.717, 1.165) is 6.42 Å². The zero-order valence-electron chi connectivity index (χ0n) is 12.8. The van der Waals surface area contributed by atoms with Crippen LogP contribution in [0.2, 0.25) is 0 Å². The molecule has 0 radical (unpaired) electrons. The van der Waals surface area contributed by atoms with Crippen LogP contribution in [-0.2, 0) is 19.1 Å². The average Bonchev–Trinajstić information content (AvgIpc) is 2.36. The van der Waals surface area contributed by atoms with Crippen molar-refractivity contribution in [1.82, 2.24) is 0 Å². The fourth-order valence-electron chi connectivity index (χ4n) is 1.41. The van der Waals surface area contributed by atoms with E-state index in [9.17, 15) is 19.8 Å². The Morgan fingerprint density at radius 2 is 1.52 bits per heavy atom. The summed E-state index contributed by atoms with van der Waals surface area (Å²) in [5.41, 5.74) is 0.0998. The normalized spacial score (nSPS) is 12.4. The minimum absolute atomic E-state index is 0.0499. The Kier molecular flexibility index (Phi) is 7.91. The van der Waals surface area contributed by atoms with Gasteiger partial charge >= 0.3 is 17.9 Å². The van der Waals surface area contributed by atoms with Gasteiger partial charge in [-0.25, -0.2) is 9.59 Å². The van der Waals surface area contributed by atoms with E-state index in [1.807, 2.05) is 6.92 Å². The number of carbonyl (C=O) groups excluding carboxylic acids is 2. The third-order valence-electron chi connectivity index (χ3n) is 2.62. The zero-order valence-corrected chi connectivity index (χ0v) is 12.8. The Balaban J connectivity index is 4.89. The molecule has 2 N–H and O–H groups in total. The van der Waals surface area contributed by atoms with E-state index in [1.165, 1.54) is 13.8 Å². The molecule has 0 amide bonds. The van der Waals surface area contributed by atoms with Crippen LogP contribution in [-0.4, -0.2) is 34.2 Å². The molecule has 0 saturated carbocycles. The van der Waals surface area contributed by atoms with E-state index in [1.54, 1.807) is 0 Å².